The van der Waals surface area contributed by atoms with Gasteiger partial charge in [-0.1, -0.05) is 24.6 Å². The summed E-state index contributed by atoms with van der Waals surface area (Å²) in [5.41, 5.74) is 0.183. The molecule has 4 rings (SSSR count). The van der Waals surface area contributed by atoms with E-state index in [0.29, 0.717) is 31.4 Å². The molecule has 1 aromatic carbocycles. The normalized spacial score (nSPS) is 17.6. The Hall–Kier alpha value is -4.17. The molecule has 12 nitrogen and oxygen atoms in total. The van der Waals surface area contributed by atoms with Gasteiger partial charge in [0.25, 0.3) is 0 Å². The van der Waals surface area contributed by atoms with Crippen LogP contribution in [0.1, 0.15) is 56.8 Å². The van der Waals surface area contributed by atoms with E-state index in [9.17, 15) is 22.8 Å². The van der Waals surface area contributed by atoms with Gasteiger partial charge in [-0.3, -0.25) is 9.48 Å². The van der Waals surface area contributed by atoms with Gasteiger partial charge in [0.1, 0.15) is 11.4 Å². The summed E-state index contributed by atoms with van der Waals surface area (Å²) in [7, 11) is 0. The van der Waals surface area contributed by atoms with Crippen LogP contribution in [0.25, 0.3) is 11.5 Å². The van der Waals surface area contributed by atoms with E-state index in [2.05, 4.69) is 30.6 Å². The van der Waals surface area contributed by atoms with Gasteiger partial charge in [0.05, 0.1) is 18.8 Å². The molecule has 0 bridgehead atoms. The number of carbonyl (C=O) groups excluding carboxylic acids is 2. The number of amides is 2. The van der Waals surface area contributed by atoms with Crippen LogP contribution in [0.3, 0.4) is 0 Å². The number of nitrogens with zero attached hydrogens (tertiary/aromatic N) is 6. The lowest BCUT2D eigenvalue weighted by molar-refractivity contribution is -0.274. The highest BCUT2D eigenvalue weighted by molar-refractivity contribution is 5.90. The Morgan fingerprint density at radius 2 is 1.98 bits per heavy atom. The number of alkyl halides is 3. The van der Waals surface area contributed by atoms with Crippen LogP contribution in [-0.2, 0) is 17.7 Å². The van der Waals surface area contributed by atoms with Gasteiger partial charge < -0.3 is 24.1 Å². The Kier molecular flexibility index (Phi) is 8.30. The lowest BCUT2D eigenvalue weighted by Crippen LogP contribution is -2.43. The predicted molar refractivity (Wildman–Crippen MR) is 133 cm³/mol. The van der Waals surface area contributed by atoms with E-state index in [4.69, 9.17) is 9.15 Å². The highest BCUT2D eigenvalue weighted by Crippen LogP contribution is 2.31. The third-order valence-corrected chi connectivity index (χ3v) is 5.93. The van der Waals surface area contributed by atoms with Crippen LogP contribution in [0.15, 0.2) is 35.0 Å². The van der Waals surface area contributed by atoms with E-state index in [1.807, 2.05) is 6.92 Å². The monoisotopic (exact) mass is 565 g/mol. The van der Waals surface area contributed by atoms with Crippen LogP contribution in [0, 0.1) is 0 Å². The number of halogens is 3. The zero-order chi connectivity index (χ0) is 29.1. The topological polar surface area (TPSA) is 138 Å². The van der Waals surface area contributed by atoms with Gasteiger partial charge in [0.15, 0.2) is 0 Å². The Morgan fingerprint density at radius 1 is 1.20 bits per heavy atom. The zero-order valence-corrected chi connectivity index (χ0v) is 22.4. The molecule has 2 amide bonds. The van der Waals surface area contributed by atoms with E-state index in [0.717, 1.165) is 6.07 Å². The zero-order valence-electron chi connectivity index (χ0n) is 22.4. The maximum Gasteiger partial charge on any atom is 0.573 e. The molecule has 216 valence electrons. The Labute approximate surface area is 227 Å². The number of hydrogen-bond donors (Lipinski definition) is 1. The van der Waals surface area contributed by atoms with Crippen LogP contribution < -0.4 is 10.1 Å². The molecule has 2 atom stereocenters. The molecule has 1 aliphatic heterocycles. The van der Waals surface area contributed by atoms with Crippen LogP contribution in [0.2, 0.25) is 0 Å². The molecular weight excluding hydrogens is 535 g/mol. The van der Waals surface area contributed by atoms with E-state index in [1.165, 1.54) is 23.2 Å². The molecule has 1 saturated heterocycles. The van der Waals surface area contributed by atoms with Crippen LogP contribution in [0.4, 0.5) is 18.0 Å². The summed E-state index contributed by atoms with van der Waals surface area (Å²) in [5.74, 6) is -1.62. The molecule has 1 unspecified atom stereocenters. The van der Waals surface area contributed by atoms with Crippen molar-refractivity contribution in [3.05, 3.63) is 42.0 Å². The third-order valence-electron chi connectivity index (χ3n) is 5.93. The van der Waals surface area contributed by atoms with E-state index >= 15 is 0 Å². The van der Waals surface area contributed by atoms with Crippen LogP contribution in [-0.4, -0.2) is 72.7 Å². The molecular formula is C25H30F3N7O5. The number of likely N-dealkylation sites (tertiary alicyclic amines) is 1. The number of aromatic nitrogens is 5. The minimum Gasteiger partial charge on any atom is -0.444 e. The summed E-state index contributed by atoms with van der Waals surface area (Å²) in [6.07, 6.45) is -0.580. The third kappa shape index (κ3) is 7.48. The predicted octanol–water partition coefficient (Wildman–Crippen LogP) is 3.99. The van der Waals surface area contributed by atoms with Gasteiger partial charge in [-0.15, -0.1) is 28.5 Å². The summed E-state index contributed by atoms with van der Waals surface area (Å²) < 4.78 is 55.0. The van der Waals surface area contributed by atoms with Gasteiger partial charge >= 0.3 is 24.3 Å². The van der Waals surface area contributed by atoms with Crippen molar-refractivity contribution in [3.63, 3.8) is 0 Å². The summed E-state index contributed by atoms with van der Waals surface area (Å²) >= 11 is 0. The fourth-order valence-corrected chi connectivity index (χ4v) is 4.39. The second-order valence-corrected chi connectivity index (χ2v) is 10.3. The van der Waals surface area contributed by atoms with E-state index in [1.54, 1.807) is 31.6 Å². The molecule has 3 aromatic rings. The summed E-state index contributed by atoms with van der Waals surface area (Å²) in [6.45, 7) is 7.70. The second-order valence-electron chi connectivity index (χ2n) is 10.3. The van der Waals surface area contributed by atoms with Crippen molar-refractivity contribution in [1.82, 2.24) is 35.4 Å². The smallest absolute Gasteiger partial charge is 0.444 e. The van der Waals surface area contributed by atoms with Gasteiger partial charge in [-0.25, -0.2) is 4.79 Å². The minimum absolute atomic E-state index is 0.118. The first kappa shape index (κ1) is 28.8. The van der Waals surface area contributed by atoms with E-state index in [-0.39, 0.29) is 29.9 Å². The van der Waals surface area contributed by atoms with Gasteiger partial charge in [0.2, 0.25) is 5.89 Å². The molecule has 0 aliphatic carbocycles. The first-order chi connectivity index (χ1) is 18.8. The molecule has 1 N–H and O–H groups in total. The van der Waals surface area contributed by atoms with Crippen molar-refractivity contribution < 1.29 is 36.7 Å². The number of ether oxygens (including phenoxy) is 2. The maximum atomic E-state index is 13.0. The van der Waals surface area contributed by atoms with E-state index < -0.39 is 35.8 Å². The highest BCUT2D eigenvalue weighted by Gasteiger charge is 2.39. The van der Waals surface area contributed by atoms with Crippen molar-refractivity contribution in [2.24, 2.45) is 0 Å². The molecule has 40 heavy (non-hydrogen) atoms. The summed E-state index contributed by atoms with van der Waals surface area (Å²) in [5, 5.41) is 18.2. The first-order valence-electron chi connectivity index (χ1n) is 12.7. The number of carbonyl (C=O) groups is 2. The Morgan fingerprint density at radius 3 is 2.62 bits per heavy atom. The second kappa shape index (κ2) is 11.5. The average Bonchev–Trinajstić information content (AvgIpc) is 3.60. The fourth-order valence-electron chi connectivity index (χ4n) is 4.39. The molecule has 0 radical (unpaired) electrons. The lowest BCUT2D eigenvalue weighted by atomic mass is 10.0. The van der Waals surface area contributed by atoms with Gasteiger partial charge in [-0.2, -0.15) is 0 Å². The molecule has 3 heterocycles. The molecule has 2 aromatic heterocycles. The lowest BCUT2D eigenvalue weighted by Gasteiger charge is -2.28. The quantitative estimate of drug-likeness (QED) is 0.430. The van der Waals surface area contributed by atoms with Crippen LogP contribution >= 0.6 is 0 Å². The minimum atomic E-state index is -4.87. The van der Waals surface area contributed by atoms with Gasteiger partial charge in [-0.05, 0) is 51.3 Å². The standard InChI is InChI=1S/C25H30F3N7O5/c1-5-6-15-7-8-18(39-25(26,27)28)12-19(15)21-31-32-22(38-21)20(36)30-16-11-17(14-34-10-9-29-33-34)35(13-16)23(37)40-24(2,3)4/h7-10,12,16-17H,5-6,11,13-14H2,1-4H3,(H,30,36)/t16?,17-/m1/s1. The molecule has 0 saturated carbocycles. The average molecular weight is 566 g/mol. The Balaban J connectivity index is 1.49. The summed E-state index contributed by atoms with van der Waals surface area (Å²) in [4.78, 5) is 27.4. The van der Waals surface area contributed by atoms with Crippen molar-refractivity contribution >= 4 is 12.0 Å². The molecule has 1 aliphatic rings. The maximum absolute atomic E-state index is 13.0. The fraction of sp³-hybridized carbons (Fsp3) is 0.520. The number of hydrogen-bond acceptors (Lipinski definition) is 9. The van der Waals surface area contributed by atoms with Crippen molar-refractivity contribution in [2.45, 2.75) is 77.5 Å². The number of aryl methyl sites for hydroxylation is 1. The number of nitrogens with one attached hydrogen (secondary N) is 1. The van der Waals surface area contributed by atoms with Gasteiger partial charge in [0, 0.05) is 24.3 Å². The molecule has 1 fully saturated rings. The first-order valence-corrected chi connectivity index (χ1v) is 12.7. The SMILES string of the molecule is CCCc1ccc(OC(F)(F)F)cc1-c1nnc(C(=O)NC2C[C@H](Cn3ccnn3)N(C(=O)OC(C)(C)C)C2)o1. The summed E-state index contributed by atoms with van der Waals surface area (Å²) in [6, 6.07) is 3.04. The Bertz CT molecular complexity index is 1320. The van der Waals surface area contributed by atoms with Crippen molar-refractivity contribution in [3.8, 4) is 17.2 Å². The largest absolute Gasteiger partial charge is 0.573 e. The van der Waals surface area contributed by atoms with Crippen LogP contribution in [0.5, 0.6) is 5.75 Å². The molecule has 15 heteroatoms. The van der Waals surface area contributed by atoms with Crippen molar-refractivity contribution in [1.29, 1.82) is 0 Å². The highest BCUT2D eigenvalue weighted by atomic mass is 19.4. The van der Waals surface area contributed by atoms with Crippen molar-refractivity contribution in [2.75, 3.05) is 6.54 Å². The number of benzene rings is 1. The number of rotatable bonds is 8. The molecule has 0 spiro atoms.